The molecule has 0 heterocycles. The number of nitriles is 1. The second-order valence-corrected chi connectivity index (χ2v) is 15.6. The van der Waals surface area contributed by atoms with Gasteiger partial charge in [-0.3, -0.25) is 9.80 Å². The minimum Gasteiger partial charge on any atom is -0.330 e. The van der Waals surface area contributed by atoms with E-state index in [1.54, 1.807) is 0 Å². The fourth-order valence-corrected chi connectivity index (χ4v) is 7.91. The zero-order valence-corrected chi connectivity index (χ0v) is 33.7. The highest BCUT2D eigenvalue weighted by Crippen LogP contribution is 2.37. The summed E-state index contributed by atoms with van der Waals surface area (Å²) in [6.45, 7) is 25.5. The number of benzene rings is 5. The lowest BCUT2D eigenvalue weighted by atomic mass is 9.70. The summed E-state index contributed by atoms with van der Waals surface area (Å²) in [4.78, 5) is 5.26. The molecular weight excluding hydrogens is 654 g/mol. The zero-order chi connectivity index (χ0) is 38.6. The number of unbranched alkanes of at least 4 members (excludes halogenated alkanes) is 3. The maximum absolute atomic E-state index is 9.66. The Labute approximate surface area is 327 Å². The summed E-state index contributed by atoms with van der Waals surface area (Å²) in [7, 11) is 1.45. The molecule has 5 aromatic rings. The van der Waals surface area contributed by atoms with Gasteiger partial charge in [-0.05, 0) is 115 Å². The van der Waals surface area contributed by atoms with Crippen LogP contribution < -0.4 is 16.7 Å². The Morgan fingerprint density at radius 1 is 0.685 bits per heavy atom. The molecule has 0 aliphatic carbocycles. The Balaban J connectivity index is 1.64. The first-order chi connectivity index (χ1) is 26.1. The van der Waals surface area contributed by atoms with Crippen LogP contribution in [0, 0.1) is 25.1 Å². The molecule has 0 saturated heterocycles. The van der Waals surface area contributed by atoms with E-state index in [0.29, 0.717) is 7.28 Å². The summed E-state index contributed by atoms with van der Waals surface area (Å²) in [5.41, 5.74) is 19.8. The Hall–Kier alpha value is -4.40. The fourth-order valence-electron chi connectivity index (χ4n) is 7.91. The third-order valence-electron chi connectivity index (χ3n) is 10.9. The highest BCUT2D eigenvalue weighted by atomic mass is 15.1. The highest BCUT2D eigenvalue weighted by Gasteiger charge is 2.21. The first kappa shape index (κ1) is 40.8. The van der Waals surface area contributed by atoms with E-state index >= 15 is 0 Å². The fraction of sp³-hybridized carbons (Fsp3) is 0.354. The van der Waals surface area contributed by atoms with E-state index in [9.17, 15) is 5.26 Å². The van der Waals surface area contributed by atoms with Gasteiger partial charge in [0.15, 0.2) is 7.28 Å². The molecule has 5 aromatic carbocycles. The number of hydrogen-bond acceptors (Lipinski definition) is 4. The lowest BCUT2D eigenvalue weighted by Crippen LogP contribution is -2.30. The van der Waals surface area contributed by atoms with Crippen LogP contribution in [0.1, 0.15) is 84.9 Å². The van der Waals surface area contributed by atoms with Crippen LogP contribution in [0.15, 0.2) is 97.6 Å². The summed E-state index contributed by atoms with van der Waals surface area (Å²) < 4.78 is 0. The quantitative estimate of drug-likeness (QED) is 0.0379. The Morgan fingerprint density at radius 2 is 1.26 bits per heavy atom. The summed E-state index contributed by atoms with van der Waals surface area (Å²) in [6, 6.07) is 29.6. The molecule has 0 aliphatic rings. The number of aryl methyl sites for hydroxylation is 2. The number of allylic oxidation sites excluding steroid dienone is 1. The molecule has 0 radical (unpaired) electrons. The van der Waals surface area contributed by atoms with Gasteiger partial charge in [0.1, 0.15) is 0 Å². The van der Waals surface area contributed by atoms with Crippen molar-refractivity contribution < 1.29 is 0 Å². The average Bonchev–Trinajstić information content (AvgIpc) is 3.15. The largest absolute Gasteiger partial charge is 0.330 e. The topological polar surface area (TPSA) is 56.3 Å². The van der Waals surface area contributed by atoms with Gasteiger partial charge in [0.25, 0.3) is 7.28 Å². The molecular formula is C48H60B2N4. The van der Waals surface area contributed by atoms with Crippen LogP contribution >= 0.6 is 0 Å². The normalized spacial score (nSPS) is 11.4. The van der Waals surface area contributed by atoms with E-state index in [1.807, 2.05) is 0 Å². The summed E-state index contributed by atoms with van der Waals surface area (Å²) in [5.74, 6) is 2.40. The molecule has 2 N–H and O–H groups in total. The maximum Gasteiger partial charge on any atom is 0.283 e. The van der Waals surface area contributed by atoms with Gasteiger partial charge in [-0.2, -0.15) is 0 Å². The number of fused-ring (bicyclic) bond motifs is 2. The van der Waals surface area contributed by atoms with Crippen molar-refractivity contribution in [3.63, 3.8) is 0 Å². The molecule has 0 fully saturated rings. The molecule has 0 bridgehead atoms. The van der Waals surface area contributed by atoms with E-state index < -0.39 is 0 Å². The van der Waals surface area contributed by atoms with Crippen molar-refractivity contribution in [1.82, 2.24) is 9.80 Å². The summed E-state index contributed by atoms with van der Waals surface area (Å²) >= 11 is 0. The number of rotatable bonds is 20. The number of nitrogens with zero attached hydrogens (tertiary/aromatic N) is 3. The lowest BCUT2D eigenvalue weighted by molar-refractivity contribution is 0.252. The molecule has 0 aromatic heterocycles. The van der Waals surface area contributed by atoms with Crippen molar-refractivity contribution in [3.05, 3.63) is 137 Å². The molecule has 0 aliphatic heterocycles. The molecule has 0 amide bonds. The molecule has 6 heteroatoms. The van der Waals surface area contributed by atoms with Crippen molar-refractivity contribution in [2.24, 2.45) is 5.73 Å². The minimum atomic E-state index is 0.417. The number of nitrogens with two attached hydrogens (primary N) is 1. The van der Waals surface area contributed by atoms with E-state index in [2.05, 4.69) is 142 Å². The van der Waals surface area contributed by atoms with Gasteiger partial charge in [0.05, 0.1) is 0 Å². The molecule has 0 unspecified atom stereocenters. The monoisotopic (exact) mass is 715 g/mol. The van der Waals surface area contributed by atoms with Gasteiger partial charge in [-0.25, -0.2) is 5.26 Å². The van der Waals surface area contributed by atoms with Gasteiger partial charge in [-0.15, -0.1) is 6.58 Å². The molecule has 5 rings (SSSR count). The zero-order valence-electron chi connectivity index (χ0n) is 33.7. The van der Waals surface area contributed by atoms with Crippen molar-refractivity contribution in [3.8, 4) is 5.97 Å². The third-order valence-corrected chi connectivity index (χ3v) is 10.9. The third kappa shape index (κ3) is 10.6. The smallest absolute Gasteiger partial charge is 0.283 e. The molecule has 0 spiro atoms. The SMILES string of the molecule is C=C(C)CCN(Cc1cc(C)ccc1BC#N)Cc1c2ccccc2c(CN(CCCCCCN)Cc2cc(C)ccc2BC)c2cc(C(=C)C)ccc12. The van der Waals surface area contributed by atoms with E-state index in [1.165, 1.54) is 84.4 Å². The minimum absolute atomic E-state index is 0.417. The van der Waals surface area contributed by atoms with E-state index in [0.717, 1.165) is 83.4 Å². The second kappa shape index (κ2) is 19.8. The standard InChI is InChI=1S/C48H60B2N4/c1-34(2)22-25-54(30-40-27-37(6)17-21-48(40)50-33-52)31-45-41-14-10-11-15-42(41)46(44-28-38(35(3)4)18-19-43(44)45)32-53(24-13-9-8-12-23-51)29-39-26-36(5)16-20-47(39)49-7/h10-11,14-21,26-28,49-50H,1,3,8-9,12-13,22-25,29-32,51H2,2,4-7H3. The summed E-state index contributed by atoms with van der Waals surface area (Å²) in [5, 5.41) is 14.9. The van der Waals surface area contributed by atoms with Crippen LogP contribution in [0.2, 0.25) is 6.82 Å². The van der Waals surface area contributed by atoms with E-state index in [4.69, 9.17) is 5.73 Å². The van der Waals surface area contributed by atoms with Crippen LogP contribution in [-0.4, -0.2) is 44.0 Å². The van der Waals surface area contributed by atoms with Gasteiger partial charge in [-0.1, -0.05) is 132 Å². The van der Waals surface area contributed by atoms with Crippen molar-refractivity contribution in [1.29, 1.82) is 5.26 Å². The van der Waals surface area contributed by atoms with Crippen LogP contribution in [0.5, 0.6) is 0 Å². The van der Waals surface area contributed by atoms with Gasteiger partial charge in [0, 0.05) is 38.7 Å². The molecule has 0 atom stereocenters. The van der Waals surface area contributed by atoms with Gasteiger partial charge < -0.3 is 5.73 Å². The molecule has 278 valence electrons. The van der Waals surface area contributed by atoms with Crippen LogP contribution in [0.4, 0.5) is 0 Å². The van der Waals surface area contributed by atoms with Crippen molar-refractivity contribution >= 4 is 52.6 Å². The van der Waals surface area contributed by atoms with Gasteiger partial charge in [0.2, 0.25) is 0 Å². The van der Waals surface area contributed by atoms with Crippen LogP contribution in [0.25, 0.3) is 27.1 Å². The highest BCUT2D eigenvalue weighted by molar-refractivity contribution is 6.61. The first-order valence-electron chi connectivity index (χ1n) is 20.1. The molecule has 54 heavy (non-hydrogen) atoms. The maximum atomic E-state index is 9.66. The van der Waals surface area contributed by atoms with Crippen LogP contribution in [-0.2, 0) is 26.2 Å². The van der Waals surface area contributed by atoms with Gasteiger partial charge >= 0.3 is 0 Å². The summed E-state index contributed by atoms with van der Waals surface area (Å²) in [6.07, 6.45) is 5.54. The Morgan fingerprint density at radius 3 is 1.85 bits per heavy atom. The predicted molar refractivity (Wildman–Crippen MR) is 239 cm³/mol. The Bertz CT molecular complexity index is 2130. The van der Waals surface area contributed by atoms with Crippen LogP contribution in [0.3, 0.4) is 0 Å². The second-order valence-electron chi connectivity index (χ2n) is 15.6. The molecule has 0 saturated carbocycles. The first-order valence-corrected chi connectivity index (χ1v) is 20.1. The van der Waals surface area contributed by atoms with Crippen molar-refractivity contribution in [2.75, 3.05) is 19.6 Å². The number of hydrogen-bond donors (Lipinski definition) is 1. The lowest BCUT2D eigenvalue weighted by Gasteiger charge is -2.29. The molecule has 4 nitrogen and oxygen atoms in total. The van der Waals surface area contributed by atoms with Crippen molar-refractivity contribution in [2.45, 2.75) is 92.8 Å². The predicted octanol–water partition coefficient (Wildman–Crippen LogP) is 8.79. The van der Waals surface area contributed by atoms with E-state index in [-0.39, 0.29) is 0 Å². The average molecular weight is 715 g/mol. The Kier molecular flexibility index (Phi) is 14.9.